The summed E-state index contributed by atoms with van der Waals surface area (Å²) >= 11 is 0.608. The van der Waals surface area contributed by atoms with Crippen molar-refractivity contribution in [1.82, 2.24) is 0 Å². The maximum atomic E-state index is 2.68. The molecule has 0 N–H and O–H groups in total. The number of rotatable bonds is 2. The van der Waals surface area contributed by atoms with E-state index in [9.17, 15) is 0 Å². The third kappa shape index (κ3) is 5.01. The number of anilines is 6. The Bertz CT molecular complexity index is 3230. The molecule has 0 fully saturated rings. The van der Waals surface area contributed by atoms with E-state index in [1.165, 1.54) is 79.3 Å². The van der Waals surface area contributed by atoms with Gasteiger partial charge in [-0.1, -0.05) is 0 Å². The molecule has 6 aliphatic rings. The van der Waals surface area contributed by atoms with Crippen LogP contribution in [0.5, 0.6) is 0 Å². The van der Waals surface area contributed by atoms with Crippen molar-refractivity contribution in [1.29, 1.82) is 0 Å². The van der Waals surface area contributed by atoms with Gasteiger partial charge >= 0.3 is 397 Å². The first-order chi connectivity index (χ1) is 31.3. The zero-order valence-corrected chi connectivity index (χ0v) is 40.5. The Morgan fingerprint density at radius 2 is 0.635 bits per heavy atom. The SMILES string of the molecule is c1ccc(N2c3cccc4c3B(c3c2cc2c5c3[Se]c3ccccc3B5c3ccccc3[Se]2)c2c(cc3c5c2[Se]c2ccccc2B5c2ccccc2[Se]3)N4c2ccccc2)cc1. The fourth-order valence-corrected chi connectivity index (χ4v) is 22.7. The van der Waals surface area contributed by atoms with E-state index in [0.29, 0.717) is 0 Å². The first kappa shape index (κ1) is 36.2. The van der Waals surface area contributed by atoms with Crippen molar-refractivity contribution in [2.45, 2.75) is 0 Å². The number of benzene rings is 9. The van der Waals surface area contributed by atoms with E-state index in [-0.39, 0.29) is 80.0 Å². The van der Waals surface area contributed by atoms with Gasteiger partial charge in [0, 0.05) is 0 Å². The Morgan fingerprint density at radius 1 is 0.270 bits per heavy atom. The summed E-state index contributed by atoms with van der Waals surface area (Å²) in [6, 6.07) is 72.7. The van der Waals surface area contributed by atoms with Gasteiger partial charge in [0.1, 0.15) is 0 Å². The van der Waals surface area contributed by atoms with Gasteiger partial charge < -0.3 is 0 Å². The van der Waals surface area contributed by atoms with Gasteiger partial charge in [-0.25, -0.2) is 0 Å². The van der Waals surface area contributed by atoms with Crippen LogP contribution < -0.4 is 94.7 Å². The molecule has 9 aromatic rings. The third-order valence-electron chi connectivity index (χ3n) is 13.9. The summed E-state index contributed by atoms with van der Waals surface area (Å²) in [5.74, 6) is 0. The van der Waals surface area contributed by atoms with Crippen molar-refractivity contribution < 1.29 is 0 Å². The van der Waals surface area contributed by atoms with Gasteiger partial charge in [0.15, 0.2) is 0 Å². The number of para-hydroxylation sites is 2. The minimum absolute atomic E-state index is 0.0802. The summed E-state index contributed by atoms with van der Waals surface area (Å²) in [6.45, 7) is 0.564. The van der Waals surface area contributed by atoms with Crippen molar-refractivity contribution in [3.63, 3.8) is 0 Å². The van der Waals surface area contributed by atoms with Gasteiger partial charge in [-0.2, -0.15) is 0 Å². The molecule has 0 saturated heterocycles. The molecular formula is C54H31B3N2Se4. The van der Waals surface area contributed by atoms with E-state index in [1.54, 1.807) is 39.7 Å². The predicted molar refractivity (Wildman–Crippen MR) is 276 cm³/mol. The number of nitrogens with zero attached hydrogens (tertiary/aromatic N) is 2. The van der Waals surface area contributed by atoms with Crippen LogP contribution in [0.25, 0.3) is 0 Å². The van der Waals surface area contributed by atoms with Gasteiger partial charge in [0.25, 0.3) is 0 Å². The Hall–Kier alpha value is -5.15. The van der Waals surface area contributed by atoms with Crippen LogP contribution >= 0.6 is 0 Å². The van der Waals surface area contributed by atoms with Crippen molar-refractivity contribution in [3.05, 3.63) is 188 Å². The second-order valence-electron chi connectivity index (χ2n) is 17.0. The Balaban J connectivity index is 1.11. The first-order valence-corrected chi connectivity index (χ1v) is 28.5. The fourth-order valence-electron chi connectivity index (χ4n) is 11.5. The molecule has 0 radical (unpaired) electrons. The van der Waals surface area contributed by atoms with Crippen LogP contribution in [-0.2, 0) is 0 Å². The Morgan fingerprint density at radius 3 is 1.05 bits per heavy atom. The van der Waals surface area contributed by atoms with Gasteiger partial charge in [-0.05, 0) is 0 Å². The molecule has 15 rings (SSSR count). The van der Waals surface area contributed by atoms with Gasteiger partial charge in [-0.3, -0.25) is 0 Å². The number of fused-ring (bicyclic) bond motifs is 14. The van der Waals surface area contributed by atoms with Crippen LogP contribution in [0.3, 0.4) is 0 Å². The quantitative estimate of drug-likeness (QED) is 0.199. The summed E-state index contributed by atoms with van der Waals surface area (Å²) < 4.78 is 12.5. The van der Waals surface area contributed by atoms with E-state index in [4.69, 9.17) is 0 Å². The number of hydrogen-bond donors (Lipinski definition) is 0. The fraction of sp³-hybridized carbons (Fsp3) is 0. The van der Waals surface area contributed by atoms with Crippen molar-refractivity contribution in [2.24, 2.45) is 0 Å². The average molecular weight is 1060 g/mol. The minimum atomic E-state index is 0.0802. The molecule has 290 valence electrons. The molecule has 6 heterocycles. The first-order valence-electron chi connectivity index (χ1n) is 21.6. The molecule has 6 aliphatic heterocycles. The maximum absolute atomic E-state index is 2.68. The van der Waals surface area contributed by atoms with Crippen LogP contribution in [0.15, 0.2) is 188 Å². The monoisotopic (exact) mass is 1060 g/mol. The van der Waals surface area contributed by atoms with Gasteiger partial charge in [-0.15, -0.1) is 0 Å². The van der Waals surface area contributed by atoms with E-state index in [0.717, 1.165) is 0 Å². The number of hydrogen-bond acceptors (Lipinski definition) is 2. The molecular weight excluding hydrogens is 1020 g/mol. The van der Waals surface area contributed by atoms with Crippen LogP contribution in [0.2, 0.25) is 0 Å². The molecule has 9 aromatic carbocycles. The molecule has 63 heavy (non-hydrogen) atoms. The Labute approximate surface area is 393 Å². The predicted octanol–water partition coefficient (Wildman–Crippen LogP) is -1.32. The van der Waals surface area contributed by atoms with Gasteiger partial charge in [0.05, 0.1) is 0 Å². The summed E-state index contributed by atoms with van der Waals surface area (Å²) in [5.41, 5.74) is 21.6. The van der Waals surface area contributed by atoms with Gasteiger partial charge in [0.2, 0.25) is 0 Å². The molecule has 0 saturated carbocycles. The summed E-state index contributed by atoms with van der Waals surface area (Å²) in [7, 11) is 0. The summed E-state index contributed by atoms with van der Waals surface area (Å²) in [4.78, 5) is 5.31. The molecule has 0 bridgehead atoms. The molecule has 0 atom stereocenters. The molecule has 2 nitrogen and oxygen atoms in total. The average Bonchev–Trinajstić information content (AvgIpc) is 3.34. The normalized spacial score (nSPS) is 14.9. The van der Waals surface area contributed by atoms with Crippen LogP contribution in [0, 0.1) is 0 Å². The van der Waals surface area contributed by atoms with E-state index >= 15 is 0 Å². The molecule has 0 aliphatic carbocycles. The molecule has 0 aromatic heterocycles. The summed E-state index contributed by atoms with van der Waals surface area (Å²) in [6.07, 6.45) is 0. The van der Waals surface area contributed by atoms with E-state index in [1.807, 2.05) is 0 Å². The van der Waals surface area contributed by atoms with Crippen LogP contribution in [0.1, 0.15) is 0 Å². The third-order valence-corrected chi connectivity index (χ3v) is 23.9. The van der Waals surface area contributed by atoms with Crippen molar-refractivity contribution >= 4 is 199 Å². The Kier molecular flexibility index (Phi) is 7.87. The molecule has 0 unspecified atom stereocenters. The zero-order chi connectivity index (χ0) is 40.9. The van der Waals surface area contributed by atoms with Crippen molar-refractivity contribution in [2.75, 3.05) is 9.80 Å². The standard InChI is InChI=1S/C54H31B3N2Se4/c1-3-16-32(17-4-1)58-38-24-15-25-39-48(38)57(49-40(58)30-46-51-53(49)62-44-28-13-9-22-36(44)55(51)34-20-7-11-26-42(34)60-46)50-41(59(39)33-18-5-2-6-19-33)31-47-52-54(50)63-45-29-14-10-23-37(45)56(52)35-21-8-12-27-43(35)61-47/h1-31H. The van der Waals surface area contributed by atoms with Crippen molar-refractivity contribution in [3.8, 4) is 0 Å². The topological polar surface area (TPSA) is 6.48 Å². The van der Waals surface area contributed by atoms with Crippen LogP contribution in [0.4, 0.5) is 34.1 Å². The van der Waals surface area contributed by atoms with Crippen LogP contribution in [-0.4, -0.2) is 80.0 Å². The summed E-state index contributed by atoms with van der Waals surface area (Å²) in [5, 5.41) is 0. The van der Waals surface area contributed by atoms with E-state index in [2.05, 4.69) is 198 Å². The zero-order valence-electron chi connectivity index (χ0n) is 33.7. The molecule has 9 heteroatoms. The van der Waals surface area contributed by atoms with E-state index < -0.39 is 0 Å². The molecule has 0 amide bonds. The second-order valence-corrected chi connectivity index (χ2v) is 26.0. The second kappa shape index (κ2) is 13.7. The molecule has 0 spiro atoms.